The highest BCUT2D eigenvalue weighted by Gasteiger charge is 2.36. The second kappa shape index (κ2) is 10.7. The molecular weight excluding hydrogens is 620 g/mol. The molecule has 0 spiro atoms. The van der Waals surface area contributed by atoms with Gasteiger partial charge in [0.05, 0.1) is 5.92 Å². The van der Waals surface area contributed by atoms with Gasteiger partial charge in [-0.05, 0) is 35.7 Å². The average molecular weight is 645 g/mol. The molecule has 2 fully saturated rings. The van der Waals surface area contributed by atoms with Crippen molar-refractivity contribution in [1.82, 2.24) is 9.96 Å². The number of amides is 3. The van der Waals surface area contributed by atoms with E-state index >= 15 is 0 Å². The van der Waals surface area contributed by atoms with Crippen LogP contribution in [0.5, 0.6) is 5.75 Å². The van der Waals surface area contributed by atoms with E-state index in [4.69, 9.17) is 9.57 Å². The van der Waals surface area contributed by atoms with Crippen LogP contribution in [-0.4, -0.2) is 79.3 Å². The van der Waals surface area contributed by atoms with Crippen LogP contribution in [0.1, 0.15) is 25.7 Å². The first kappa shape index (κ1) is 29.7. The number of ether oxygens (including phenoxy) is 1. The number of hydroxylamine groups is 2. The minimum atomic E-state index is -4.81. The molecular formula is C28H24N2O12S2. The molecule has 0 bridgehead atoms. The topological polar surface area (TPSA) is 202 Å². The third-order valence-electron chi connectivity index (χ3n) is 7.94. The van der Waals surface area contributed by atoms with E-state index in [1.165, 1.54) is 29.2 Å². The third-order valence-corrected chi connectivity index (χ3v) is 9.75. The molecule has 0 saturated carbocycles. The molecule has 0 aromatic heterocycles. The van der Waals surface area contributed by atoms with Crippen LogP contribution in [0.3, 0.4) is 0 Å². The first-order chi connectivity index (χ1) is 20.7. The van der Waals surface area contributed by atoms with Gasteiger partial charge < -0.3 is 14.5 Å². The predicted molar refractivity (Wildman–Crippen MR) is 152 cm³/mol. The van der Waals surface area contributed by atoms with Crippen LogP contribution in [0.25, 0.3) is 32.3 Å². The number of carbonyl (C=O) groups excluding carboxylic acids is 4. The van der Waals surface area contributed by atoms with E-state index in [0.717, 1.165) is 6.07 Å². The SMILES string of the molecule is O=C(ON1C(=O)CCC1=O)C1CCN(C(=O)COc2cc(S(=O)(=O)O)c3ccc4c(S(=O)(=O)O)ccc5ccc2c3c54)CC1. The maximum atomic E-state index is 13.0. The number of likely N-dealkylation sites (tertiary alicyclic amines) is 1. The summed E-state index contributed by atoms with van der Waals surface area (Å²) in [7, 11) is -9.45. The molecule has 3 amide bonds. The number of piperidine rings is 1. The van der Waals surface area contributed by atoms with Crippen LogP contribution in [0.4, 0.5) is 0 Å². The van der Waals surface area contributed by atoms with E-state index in [0.29, 0.717) is 21.2 Å². The van der Waals surface area contributed by atoms with Crippen molar-refractivity contribution in [1.29, 1.82) is 0 Å². The number of rotatable bonds is 7. The number of hydrogen-bond donors (Lipinski definition) is 2. The molecule has 4 aromatic carbocycles. The van der Waals surface area contributed by atoms with Crippen molar-refractivity contribution >= 4 is 76.2 Å². The summed E-state index contributed by atoms with van der Waals surface area (Å²) in [5.74, 6) is -3.09. The Hall–Kier alpha value is -4.38. The number of carbonyl (C=O) groups is 4. The van der Waals surface area contributed by atoms with Crippen molar-refractivity contribution in [2.45, 2.75) is 35.5 Å². The van der Waals surface area contributed by atoms with Gasteiger partial charge in [-0.3, -0.25) is 23.5 Å². The summed E-state index contributed by atoms with van der Waals surface area (Å²) in [4.78, 5) is 54.5. The van der Waals surface area contributed by atoms with E-state index in [-0.39, 0.29) is 65.6 Å². The summed E-state index contributed by atoms with van der Waals surface area (Å²) in [6, 6.07) is 9.68. The fourth-order valence-corrected chi connectivity index (χ4v) is 7.17. The van der Waals surface area contributed by atoms with Gasteiger partial charge in [0.25, 0.3) is 38.0 Å². The zero-order valence-electron chi connectivity index (χ0n) is 22.8. The smallest absolute Gasteiger partial charge is 0.336 e. The van der Waals surface area contributed by atoms with Gasteiger partial charge in [0.1, 0.15) is 15.5 Å². The van der Waals surface area contributed by atoms with E-state index in [1.807, 2.05) is 0 Å². The zero-order valence-corrected chi connectivity index (χ0v) is 24.4. The summed E-state index contributed by atoms with van der Waals surface area (Å²) < 4.78 is 74.5. The summed E-state index contributed by atoms with van der Waals surface area (Å²) in [5.41, 5.74) is 0. The molecule has 0 unspecified atom stereocenters. The lowest BCUT2D eigenvalue weighted by molar-refractivity contribution is -0.201. The van der Waals surface area contributed by atoms with Gasteiger partial charge in [-0.2, -0.15) is 16.8 Å². The van der Waals surface area contributed by atoms with Gasteiger partial charge in [-0.25, -0.2) is 4.79 Å². The zero-order chi connectivity index (χ0) is 31.6. The van der Waals surface area contributed by atoms with Crippen molar-refractivity contribution in [3.05, 3.63) is 42.5 Å². The summed E-state index contributed by atoms with van der Waals surface area (Å²) in [5, 5.41) is 2.10. The molecule has 2 saturated heterocycles. The molecule has 14 nitrogen and oxygen atoms in total. The van der Waals surface area contributed by atoms with Crippen LogP contribution in [0.2, 0.25) is 0 Å². The Labute approximate surface area is 249 Å². The molecule has 0 radical (unpaired) electrons. The van der Waals surface area contributed by atoms with Gasteiger partial charge in [0.15, 0.2) is 6.61 Å². The molecule has 16 heteroatoms. The highest BCUT2D eigenvalue weighted by Crippen LogP contribution is 2.43. The largest absolute Gasteiger partial charge is 0.483 e. The van der Waals surface area contributed by atoms with Gasteiger partial charge in [0.2, 0.25) is 0 Å². The van der Waals surface area contributed by atoms with Crippen molar-refractivity contribution < 1.29 is 54.7 Å². The molecule has 6 rings (SSSR count). The Morgan fingerprint density at radius 3 is 1.98 bits per heavy atom. The fourth-order valence-electron chi connectivity index (χ4n) is 5.78. The maximum Gasteiger partial charge on any atom is 0.336 e. The predicted octanol–water partition coefficient (Wildman–Crippen LogP) is 2.30. The van der Waals surface area contributed by atoms with Crippen LogP contribution < -0.4 is 4.74 Å². The van der Waals surface area contributed by atoms with E-state index in [9.17, 15) is 45.1 Å². The molecule has 0 atom stereocenters. The van der Waals surface area contributed by atoms with Gasteiger partial charge in [-0.1, -0.05) is 24.3 Å². The minimum Gasteiger partial charge on any atom is -0.483 e. The van der Waals surface area contributed by atoms with Crippen LogP contribution in [-0.2, 0) is 44.3 Å². The second-order valence-corrected chi connectivity index (χ2v) is 13.3. The number of benzene rings is 4. The maximum absolute atomic E-state index is 13.0. The minimum absolute atomic E-state index is 0.0253. The molecule has 2 aliphatic heterocycles. The average Bonchev–Trinajstić information content (AvgIpc) is 3.29. The van der Waals surface area contributed by atoms with Crippen LogP contribution >= 0.6 is 0 Å². The van der Waals surface area contributed by atoms with E-state index < -0.39 is 61.3 Å². The standard InChI is InChI=1S/C28H24N2O12S2/c31-23-7-8-24(32)30(23)42-28(34)16-9-11-29(12-10-16)25(33)14-41-20-13-22(44(38,39)40)19-5-4-18-21(43(35,36)37)6-2-15-1-3-17(20)27(19)26(15)18/h1-6,13,16H,7-12,14H2,(H,35,36,37)(H,38,39,40). The monoisotopic (exact) mass is 644 g/mol. The number of hydrogen-bond acceptors (Lipinski definition) is 10. The van der Waals surface area contributed by atoms with E-state index in [1.54, 1.807) is 12.1 Å². The fraction of sp³-hybridized carbons (Fsp3) is 0.286. The Kier molecular flexibility index (Phi) is 7.19. The Bertz CT molecular complexity index is 2090. The Morgan fingerprint density at radius 2 is 1.36 bits per heavy atom. The summed E-state index contributed by atoms with van der Waals surface area (Å²) in [6.07, 6.45) is 0.371. The quantitative estimate of drug-likeness (QED) is 0.169. The molecule has 4 aromatic rings. The van der Waals surface area contributed by atoms with Crippen LogP contribution in [0, 0.1) is 5.92 Å². The first-order valence-corrected chi connectivity index (χ1v) is 16.3. The normalized spacial score (nSPS) is 16.9. The summed E-state index contributed by atoms with van der Waals surface area (Å²) >= 11 is 0. The number of nitrogens with zero attached hydrogens (tertiary/aromatic N) is 2. The highest BCUT2D eigenvalue weighted by molar-refractivity contribution is 7.86. The lowest BCUT2D eigenvalue weighted by Crippen LogP contribution is -2.44. The van der Waals surface area contributed by atoms with Crippen LogP contribution in [0.15, 0.2) is 52.3 Å². The van der Waals surface area contributed by atoms with Crippen molar-refractivity contribution in [2.75, 3.05) is 19.7 Å². The molecule has 230 valence electrons. The Morgan fingerprint density at radius 1 is 0.795 bits per heavy atom. The van der Waals surface area contributed by atoms with Crippen molar-refractivity contribution in [3.8, 4) is 5.75 Å². The Balaban J connectivity index is 1.25. The molecule has 44 heavy (non-hydrogen) atoms. The lowest BCUT2D eigenvalue weighted by atomic mass is 9.94. The highest BCUT2D eigenvalue weighted by atomic mass is 32.2. The lowest BCUT2D eigenvalue weighted by Gasteiger charge is -2.31. The van der Waals surface area contributed by atoms with Gasteiger partial charge in [0, 0.05) is 53.5 Å². The molecule has 2 aliphatic rings. The van der Waals surface area contributed by atoms with Gasteiger partial charge in [-0.15, -0.1) is 5.06 Å². The van der Waals surface area contributed by atoms with Gasteiger partial charge >= 0.3 is 5.97 Å². The van der Waals surface area contributed by atoms with Crippen molar-refractivity contribution in [2.24, 2.45) is 5.92 Å². The first-order valence-electron chi connectivity index (χ1n) is 13.4. The molecule has 2 N–H and O–H groups in total. The second-order valence-electron chi connectivity index (χ2n) is 10.6. The third kappa shape index (κ3) is 5.19. The molecule has 2 heterocycles. The summed E-state index contributed by atoms with van der Waals surface area (Å²) in [6.45, 7) is -0.231. The number of imide groups is 1. The molecule has 0 aliphatic carbocycles. The van der Waals surface area contributed by atoms with E-state index in [2.05, 4.69) is 0 Å². The van der Waals surface area contributed by atoms with Crippen molar-refractivity contribution in [3.63, 3.8) is 0 Å².